The van der Waals surface area contributed by atoms with Gasteiger partial charge in [0.25, 0.3) is 0 Å². The lowest BCUT2D eigenvalue weighted by atomic mass is 10.0. The van der Waals surface area contributed by atoms with Crippen LogP contribution in [0.15, 0.2) is 4.99 Å². The van der Waals surface area contributed by atoms with Crippen molar-refractivity contribution in [1.82, 2.24) is 20.4 Å². The molecule has 9 nitrogen and oxygen atoms in total. The second-order valence-electron chi connectivity index (χ2n) is 7.56. The summed E-state index contributed by atoms with van der Waals surface area (Å²) in [4.78, 5) is 20.7. The fourth-order valence-corrected chi connectivity index (χ4v) is 3.54. The highest BCUT2D eigenvalue weighted by Gasteiger charge is 2.21. The minimum absolute atomic E-state index is 0.0544. The molecular formula is C20H39N5O4. The predicted molar refractivity (Wildman–Crippen MR) is 113 cm³/mol. The molecule has 2 aliphatic rings. The molecule has 2 aliphatic heterocycles. The van der Waals surface area contributed by atoms with Gasteiger partial charge in [-0.25, -0.2) is 0 Å². The first-order valence-electron chi connectivity index (χ1n) is 10.8. The average Bonchev–Trinajstić information content (AvgIpc) is 2.75. The van der Waals surface area contributed by atoms with Gasteiger partial charge in [-0.1, -0.05) is 0 Å². The highest BCUT2D eigenvalue weighted by molar-refractivity contribution is 5.80. The number of carbonyl (C=O) groups excluding carboxylic acids is 1. The fraction of sp³-hybridized carbons (Fsp3) is 0.900. The molecule has 0 aromatic carbocycles. The number of carbonyl (C=O) groups is 1. The van der Waals surface area contributed by atoms with Crippen molar-refractivity contribution >= 4 is 11.9 Å². The third-order valence-corrected chi connectivity index (χ3v) is 5.32. The van der Waals surface area contributed by atoms with Crippen molar-refractivity contribution in [2.24, 2.45) is 10.9 Å². The Balaban J connectivity index is 1.53. The van der Waals surface area contributed by atoms with Gasteiger partial charge in [-0.15, -0.1) is 0 Å². The zero-order chi connectivity index (χ0) is 20.7. The number of rotatable bonds is 11. The summed E-state index contributed by atoms with van der Waals surface area (Å²) in [5.74, 6) is 1.64. The maximum atomic E-state index is 11.9. The minimum Gasteiger partial charge on any atom is -0.383 e. The van der Waals surface area contributed by atoms with Crippen LogP contribution in [0.2, 0.25) is 0 Å². The average molecular weight is 414 g/mol. The quantitative estimate of drug-likeness (QED) is 0.275. The van der Waals surface area contributed by atoms with Crippen LogP contribution in [0.3, 0.4) is 0 Å². The Bertz CT molecular complexity index is 477. The number of ether oxygens (including phenoxy) is 3. The van der Waals surface area contributed by atoms with Crippen LogP contribution in [-0.4, -0.2) is 115 Å². The van der Waals surface area contributed by atoms with Crippen molar-refractivity contribution in [2.75, 3.05) is 93.0 Å². The molecule has 0 bridgehead atoms. The highest BCUT2D eigenvalue weighted by Crippen LogP contribution is 2.14. The second kappa shape index (κ2) is 14.5. The first-order valence-corrected chi connectivity index (χ1v) is 10.8. The topological polar surface area (TPSA) is 87.7 Å². The van der Waals surface area contributed by atoms with E-state index in [1.54, 1.807) is 7.11 Å². The van der Waals surface area contributed by atoms with Gasteiger partial charge in [-0.05, 0) is 25.2 Å². The molecule has 0 aliphatic carbocycles. The monoisotopic (exact) mass is 413 g/mol. The Morgan fingerprint density at radius 3 is 2.55 bits per heavy atom. The Hall–Kier alpha value is -1.42. The molecule has 0 spiro atoms. The van der Waals surface area contributed by atoms with Gasteiger partial charge >= 0.3 is 0 Å². The fourth-order valence-electron chi connectivity index (χ4n) is 3.54. The molecule has 2 heterocycles. The summed E-state index contributed by atoms with van der Waals surface area (Å²) in [6.07, 6.45) is 3.20. The number of piperazine rings is 1. The maximum Gasteiger partial charge on any atom is 0.234 e. The van der Waals surface area contributed by atoms with Gasteiger partial charge in [-0.2, -0.15) is 0 Å². The third-order valence-electron chi connectivity index (χ3n) is 5.32. The number of methoxy groups -OCH3 is 1. The van der Waals surface area contributed by atoms with Crippen LogP contribution in [0.1, 0.15) is 19.3 Å². The van der Waals surface area contributed by atoms with Gasteiger partial charge in [0.2, 0.25) is 5.91 Å². The number of guanidine groups is 1. The molecule has 2 saturated heterocycles. The number of amides is 1. The van der Waals surface area contributed by atoms with Gasteiger partial charge < -0.3 is 29.7 Å². The first-order chi connectivity index (χ1) is 14.2. The van der Waals surface area contributed by atoms with Crippen molar-refractivity contribution in [3.8, 4) is 0 Å². The molecule has 0 saturated carbocycles. The summed E-state index contributed by atoms with van der Waals surface area (Å²) in [6, 6.07) is 0. The van der Waals surface area contributed by atoms with E-state index in [0.29, 0.717) is 25.6 Å². The lowest BCUT2D eigenvalue weighted by Crippen LogP contribution is -2.54. The van der Waals surface area contributed by atoms with E-state index in [1.807, 2.05) is 7.05 Å². The summed E-state index contributed by atoms with van der Waals surface area (Å²) >= 11 is 0. The molecule has 1 amide bonds. The summed E-state index contributed by atoms with van der Waals surface area (Å²) < 4.78 is 16.1. The van der Waals surface area contributed by atoms with E-state index in [2.05, 4.69) is 25.4 Å². The molecule has 168 valence electrons. The normalized spacial score (nSPS) is 19.4. The Morgan fingerprint density at radius 1 is 1.10 bits per heavy atom. The van der Waals surface area contributed by atoms with Crippen molar-refractivity contribution in [3.05, 3.63) is 0 Å². The van der Waals surface area contributed by atoms with Crippen LogP contribution in [0.4, 0.5) is 0 Å². The van der Waals surface area contributed by atoms with Crippen molar-refractivity contribution in [1.29, 1.82) is 0 Å². The molecule has 2 rings (SSSR count). The highest BCUT2D eigenvalue weighted by atomic mass is 16.5. The summed E-state index contributed by atoms with van der Waals surface area (Å²) in [5, 5.41) is 6.30. The van der Waals surface area contributed by atoms with E-state index >= 15 is 0 Å². The SMILES string of the molecule is CN=C(NCCCOCC1CCOCC1)N1CCN(CC(=O)NCCOC)CC1. The molecule has 2 N–H and O–H groups in total. The van der Waals surface area contributed by atoms with Crippen LogP contribution >= 0.6 is 0 Å². The maximum absolute atomic E-state index is 11.9. The predicted octanol–water partition coefficient (Wildman–Crippen LogP) is -0.225. The van der Waals surface area contributed by atoms with Crippen LogP contribution in [0.5, 0.6) is 0 Å². The van der Waals surface area contributed by atoms with Crippen molar-refractivity contribution in [3.63, 3.8) is 0 Å². The van der Waals surface area contributed by atoms with E-state index in [-0.39, 0.29) is 5.91 Å². The van der Waals surface area contributed by atoms with Crippen LogP contribution in [0.25, 0.3) is 0 Å². The molecule has 0 aromatic heterocycles. The van der Waals surface area contributed by atoms with Crippen LogP contribution < -0.4 is 10.6 Å². The molecule has 29 heavy (non-hydrogen) atoms. The Morgan fingerprint density at radius 2 is 1.86 bits per heavy atom. The van der Waals surface area contributed by atoms with E-state index in [1.165, 1.54) is 0 Å². The molecule has 0 atom stereocenters. The van der Waals surface area contributed by atoms with Crippen LogP contribution in [0, 0.1) is 5.92 Å². The van der Waals surface area contributed by atoms with Gasteiger partial charge in [-0.3, -0.25) is 14.7 Å². The Kier molecular flexibility index (Phi) is 12.0. The lowest BCUT2D eigenvalue weighted by Gasteiger charge is -2.36. The molecule has 0 radical (unpaired) electrons. The zero-order valence-corrected chi connectivity index (χ0v) is 18.2. The van der Waals surface area contributed by atoms with E-state index in [9.17, 15) is 4.79 Å². The number of hydrogen-bond acceptors (Lipinski definition) is 6. The standard InChI is InChI=1S/C20H39N5O4/c1-21-20(23-6-3-12-29-17-18-4-13-28-14-5-18)25-10-8-24(9-11-25)16-19(26)22-7-15-27-2/h18H,3-17H2,1-2H3,(H,21,23)(H,22,26). The largest absolute Gasteiger partial charge is 0.383 e. The summed E-state index contributed by atoms with van der Waals surface area (Å²) in [6.45, 7) is 9.20. The third kappa shape index (κ3) is 9.75. The molecule has 2 fully saturated rings. The van der Waals surface area contributed by atoms with Gasteiger partial charge in [0.15, 0.2) is 5.96 Å². The summed E-state index contributed by atoms with van der Waals surface area (Å²) in [7, 11) is 3.45. The first kappa shape index (κ1) is 23.9. The smallest absolute Gasteiger partial charge is 0.234 e. The van der Waals surface area contributed by atoms with Gasteiger partial charge in [0, 0.05) is 79.9 Å². The molecule has 0 aromatic rings. The van der Waals surface area contributed by atoms with E-state index < -0.39 is 0 Å². The number of nitrogens with zero attached hydrogens (tertiary/aromatic N) is 3. The second-order valence-corrected chi connectivity index (χ2v) is 7.56. The number of hydrogen-bond donors (Lipinski definition) is 2. The van der Waals surface area contributed by atoms with Crippen LogP contribution in [-0.2, 0) is 19.0 Å². The number of aliphatic imine (C=N–C) groups is 1. The molecular weight excluding hydrogens is 374 g/mol. The number of nitrogens with one attached hydrogen (secondary N) is 2. The van der Waals surface area contributed by atoms with E-state index in [4.69, 9.17) is 14.2 Å². The lowest BCUT2D eigenvalue weighted by molar-refractivity contribution is -0.122. The van der Waals surface area contributed by atoms with Gasteiger partial charge in [0.1, 0.15) is 0 Å². The van der Waals surface area contributed by atoms with E-state index in [0.717, 1.165) is 84.4 Å². The zero-order valence-electron chi connectivity index (χ0n) is 18.2. The van der Waals surface area contributed by atoms with Crippen molar-refractivity contribution in [2.45, 2.75) is 19.3 Å². The molecule has 0 unspecified atom stereocenters. The Labute approximate surface area is 175 Å². The minimum atomic E-state index is 0.0544. The van der Waals surface area contributed by atoms with Crippen molar-refractivity contribution < 1.29 is 19.0 Å². The summed E-state index contributed by atoms with van der Waals surface area (Å²) in [5.41, 5.74) is 0. The molecule has 9 heteroatoms. The van der Waals surface area contributed by atoms with Gasteiger partial charge in [0.05, 0.1) is 13.2 Å².